The van der Waals surface area contributed by atoms with Crippen molar-refractivity contribution in [1.29, 1.82) is 0 Å². The van der Waals surface area contributed by atoms with Crippen LogP contribution in [0.1, 0.15) is 26.7 Å². The maximum Gasteiger partial charge on any atom is 0.268 e. The van der Waals surface area contributed by atoms with E-state index < -0.39 is 0 Å². The van der Waals surface area contributed by atoms with E-state index in [-0.39, 0.29) is 11.2 Å². The van der Waals surface area contributed by atoms with E-state index in [0.717, 1.165) is 36.9 Å². The molecule has 0 bridgehead atoms. The van der Waals surface area contributed by atoms with Crippen molar-refractivity contribution in [3.8, 4) is 0 Å². The quantitative estimate of drug-likeness (QED) is 0.606. The predicted octanol–water partition coefficient (Wildman–Crippen LogP) is 2.03. The summed E-state index contributed by atoms with van der Waals surface area (Å²) >= 11 is 3.39. The van der Waals surface area contributed by atoms with Crippen LogP contribution in [0.4, 0.5) is 5.69 Å². The van der Waals surface area contributed by atoms with Gasteiger partial charge in [-0.15, -0.1) is 0 Å². The molecule has 1 aliphatic heterocycles. The van der Waals surface area contributed by atoms with Gasteiger partial charge in [-0.1, -0.05) is 15.9 Å². The Hall–Kier alpha value is -0.880. The number of hydrogen-bond donors (Lipinski definition) is 0. The zero-order chi connectivity index (χ0) is 14.6. The summed E-state index contributed by atoms with van der Waals surface area (Å²) in [4.78, 5) is 14.2. The van der Waals surface area contributed by atoms with Crippen LogP contribution in [0.15, 0.2) is 17.1 Å². The highest BCUT2D eigenvalue weighted by Crippen LogP contribution is 2.21. The molecule has 1 saturated heterocycles. The van der Waals surface area contributed by atoms with E-state index in [2.05, 4.69) is 39.8 Å². The minimum Gasteiger partial charge on any atom is -0.372 e. The van der Waals surface area contributed by atoms with Gasteiger partial charge in [0.25, 0.3) is 5.56 Å². The number of ether oxygens (including phenoxy) is 1. The molecule has 2 rings (SSSR count). The van der Waals surface area contributed by atoms with Gasteiger partial charge in [-0.25, -0.2) is 4.68 Å². The van der Waals surface area contributed by atoms with Gasteiger partial charge in [0.2, 0.25) is 0 Å². The van der Waals surface area contributed by atoms with E-state index in [9.17, 15) is 4.79 Å². The Balaban J connectivity index is 2.06. The number of alkyl halides is 1. The van der Waals surface area contributed by atoms with Gasteiger partial charge >= 0.3 is 0 Å². The summed E-state index contributed by atoms with van der Waals surface area (Å²) in [6.45, 7) is 7.07. The lowest BCUT2D eigenvalue weighted by molar-refractivity contribution is -0.0277. The zero-order valence-electron chi connectivity index (χ0n) is 12.1. The number of nitrogens with zero attached hydrogens (tertiary/aromatic N) is 3. The van der Waals surface area contributed by atoms with Crippen LogP contribution < -0.4 is 10.5 Å². The molecule has 20 heavy (non-hydrogen) atoms. The molecule has 2 heterocycles. The number of aromatic nitrogens is 2. The summed E-state index contributed by atoms with van der Waals surface area (Å²) in [5.41, 5.74) is 0.688. The number of halogens is 1. The molecule has 0 aliphatic carbocycles. The van der Waals surface area contributed by atoms with Crippen molar-refractivity contribution >= 4 is 21.6 Å². The molecule has 0 spiro atoms. The van der Waals surface area contributed by atoms with Gasteiger partial charge in [-0.2, -0.15) is 5.10 Å². The molecule has 0 atom stereocenters. The van der Waals surface area contributed by atoms with Crippen molar-refractivity contribution in [1.82, 2.24) is 9.78 Å². The first-order valence-corrected chi connectivity index (χ1v) is 8.16. The Morgan fingerprint density at radius 3 is 2.90 bits per heavy atom. The minimum atomic E-state index is -0.178. The Morgan fingerprint density at radius 2 is 2.25 bits per heavy atom. The summed E-state index contributed by atoms with van der Waals surface area (Å²) in [6, 6.07) is 1.68. The number of aryl methyl sites for hydroxylation is 1. The van der Waals surface area contributed by atoms with Gasteiger partial charge in [-0.3, -0.25) is 4.79 Å². The molecule has 1 aromatic rings. The second-order valence-electron chi connectivity index (χ2n) is 5.70. The lowest BCUT2D eigenvalue weighted by Gasteiger charge is -2.39. The second kappa shape index (κ2) is 6.72. The van der Waals surface area contributed by atoms with Crippen molar-refractivity contribution in [3.63, 3.8) is 0 Å². The molecule has 6 heteroatoms. The SMILES string of the molecule is CC1(C)CN(c2cnn(CCCCBr)c(=O)c2)CCO1. The topological polar surface area (TPSA) is 47.4 Å². The third-order valence-corrected chi connectivity index (χ3v) is 3.96. The largest absolute Gasteiger partial charge is 0.372 e. The first-order valence-electron chi connectivity index (χ1n) is 7.04. The number of hydrogen-bond acceptors (Lipinski definition) is 4. The van der Waals surface area contributed by atoms with E-state index in [1.54, 1.807) is 12.3 Å². The van der Waals surface area contributed by atoms with Crippen LogP contribution in [0.2, 0.25) is 0 Å². The molecule has 1 fully saturated rings. The molecule has 0 aromatic carbocycles. The maximum atomic E-state index is 12.1. The highest BCUT2D eigenvalue weighted by Gasteiger charge is 2.27. The molecule has 0 saturated carbocycles. The number of anilines is 1. The maximum absolute atomic E-state index is 12.1. The molecule has 112 valence electrons. The summed E-state index contributed by atoms with van der Waals surface area (Å²) < 4.78 is 7.23. The summed E-state index contributed by atoms with van der Waals surface area (Å²) in [5.74, 6) is 0. The molecule has 0 N–H and O–H groups in total. The first-order chi connectivity index (χ1) is 9.52. The van der Waals surface area contributed by atoms with Gasteiger partial charge in [0.1, 0.15) is 0 Å². The molecule has 0 amide bonds. The van der Waals surface area contributed by atoms with E-state index in [4.69, 9.17) is 4.74 Å². The number of morpholine rings is 1. The highest BCUT2D eigenvalue weighted by molar-refractivity contribution is 9.09. The first kappa shape index (κ1) is 15.5. The van der Waals surface area contributed by atoms with Gasteiger partial charge < -0.3 is 9.64 Å². The highest BCUT2D eigenvalue weighted by atomic mass is 79.9. The van der Waals surface area contributed by atoms with Gasteiger partial charge in [0.05, 0.1) is 24.1 Å². The van der Waals surface area contributed by atoms with Crippen LogP contribution in [0.5, 0.6) is 0 Å². The van der Waals surface area contributed by atoms with E-state index >= 15 is 0 Å². The molecule has 0 radical (unpaired) electrons. The molecule has 1 aliphatic rings. The number of unbranched alkanes of at least 4 members (excludes halogenated alkanes) is 1. The van der Waals surface area contributed by atoms with E-state index in [0.29, 0.717) is 13.2 Å². The third kappa shape index (κ3) is 4.06. The molecule has 5 nitrogen and oxygen atoms in total. The molecular weight excluding hydrogens is 322 g/mol. The van der Waals surface area contributed by atoms with Gasteiger partial charge in [0.15, 0.2) is 0 Å². The average molecular weight is 344 g/mol. The van der Waals surface area contributed by atoms with Crippen molar-refractivity contribution in [2.24, 2.45) is 0 Å². The van der Waals surface area contributed by atoms with Gasteiger partial charge in [0, 0.05) is 31.0 Å². The Labute approximate surface area is 128 Å². The average Bonchev–Trinajstić information content (AvgIpc) is 2.39. The second-order valence-corrected chi connectivity index (χ2v) is 6.49. The fourth-order valence-electron chi connectivity index (χ4n) is 2.36. The monoisotopic (exact) mass is 343 g/mol. The fourth-order valence-corrected chi connectivity index (χ4v) is 2.75. The van der Waals surface area contributed by atoms with E-state index in [1.165, 1.54) is 4.68 Å². The molecule has 1 aromatic heterocycles. The smallest absolute Gasteiger partial charge is 0.268 e. The predicted molar refractivity (Wildman–Crippen MR) is 83.8 cm³/mol. The van der Waals surface area contributed by atoms with Crippen molar-refractivity contribution < 1.29 is 4.74 Å². The van der Waals surface area contributed by atoms with E-state index in [1.807, 2.05) is 0 Å². The minimum absolute atomic E-state index is 0.0265. The van der Waals surface area contributed by atoms with Crippen LogP contribution in [0.25, 0.3) is 0 Å². The normalized spacial score (nSPS) is 18.2. The van der Waals surface area contributed by atoms with Crippen LogP contribution in [0, 0.1) is 0 Å². The van der Waals surface area contributed by atoms with Crippen molar-refractivity contribution in [3.05, 3.63) is 22.6 Å². The van der Waals surface area contributed by atoms with Crippen LogP contribution in [-0.2, 0) is 11.3 Å². The van der Waals surface area contributed by atoms with Crippen LogP contribution >= 0.6 is 15.9 Å². The molecular formula is C14H22BrN3O2. The fraction of sp³-hybridized carbons (Fsp3) is 0.714. The standard InChI is InChI=1S/C14H22BrN3O2/c1-14(2)11-17(7-8-20-14)12-9-13(19)18(16-10-12)6-4-3-5-15/h9-10H,3-8,11H2,1-2H3. The van der Waals surface area contributed by atoms with Gasteiger partial charge in [-0.05, 0) is 26.7 Å². The lowest BCUT2D eigenvalue weighted by Crippen LogP contribution is -2.48. The van der Waals surface area contributed by atoms with Crippen molar-refractivity contribution in [2.75, 3.05) is 29.9 Å². The Morgan fingerprint density at radius 1 is 1.45 bits per heavy atom. The van der Waals surface area contributed by atoms with Crippen molar-refractivity contribution in [2.45, 2.75) is 38.8 Å². The number of rotatable bonds is 5. The summed E-state index contributed by atoms with van der Waals surface area (Å²) in [7, 11) is 0. The van der Waals surface area contributed by atoms with Crippen LogP contribution in [-0.4, -0.2) is 40.4 Å². The third-order valence-electron chi connectivity index (χ3n) is 3.40. The lowest BCUT2D eigenvalue weighted by atomic mass is 10.1. The summed E-state index contributed by atoms with van der Waals surface area (Å²) in [5, 5.41) is 5.24. The Kier molecular flexibility index (Phi) is 5.21. The Bertz CT molecular complexity index is 501. The zero-order valence-corrected chi connectivity index (χ0v) is 13.7. The van der Waals surface area contributed by atoms with Crippen LogP contribution in [0.3, 0.4) is 0 Å². The molecule has 0 unspecified atom stereocenters. The summed E-state index contributed by atoms with van der Waals surface area (Å²) in [6.07, 6.45) is 3.80.